The van der Waals surface area contributed by atoms with Crippen molar-refractivity contribution in [3.05, 3.63) is 34.2 Å². The molecular formula is C21H23ClN2OS. The van der Waals surface area contributed by atoms with E-state index in [1.165, 1.54) is 49.9 Å². The van der Waals surface area contributed by atoms with E-state index in [9.17, 15) is 4.79 Å². The van der Waals surface area contributed by atoms with E-state index >= 15 is 0 Å². The molecule has 0 saturated heterocycles. The number of nitrogens with zero attached hydrogens (tertiary/aromatic N) is 1. The van der Waals surface area contributed by atoms with E-state index < -0.39 is 0 Å². The molecule has 0 spiro atoms. The van der Waals surface area contributed by atoms with Gasteiger partial charge in [-0.15, -0.1) is 11.3 Å². The van der Waals surface area contributed by atoms with Crippen LogP contribution in [0, 0.1) is 23.2 Å². The lowest BCUT2D eigenvalue weighted by Gasteiger charge is -2.56. The molecule has 0 aliphatic heterocycles. The Morgan fingerprint density at radius 3 is 2.38 bits per heavy atom. The van der Waals surface area contributed by atoms with Crippen LogP contribution < -0.4 is 5.43 Å². The molecule has 136 valence electrons. The number of amides is 1. The first-order chi connectivity index (χ1) is 12.5. The van der Waals surface area contributed by atoms with Crippen molar-refractivity contribution in [3.8, 4) is 0 Å². The van der Waals surface area contributed by atoms with E-state index in [1.54, 1.807) is 0 Å². The van der Waals surface area contributed by atoms with Crippen LogP contribution in [0.4, 0.5) is 0 Å². The lowest BCUT2D eigenvalue weighted by molar-refractivity contribution is -0.0128. The van der Waals surface area contributed by atoms with Crippen molar-refractivity contribution in [1.82, 2.24) is 5.43 Å². The highest BCUT2D eigenvalue weighted by Gasteiger charge is 2.52. The topological polar surface area (TPSA) is 41.5 Å². The molecule has 26 heavy (non-hydrogen) atoms. The van der Waals surface area contributed by atoms with Gasteiger partial charge in [-0.25, -0.2) is 5.43 Å². The van der Waals surface area contributed by atoms with Crippen LogP contribution in [-0.4, -0.2) is 11.6 Å². The highest BCUT2D eigenvalue weighted by Crippen LogP contribution is 2.60. The molecule has 0 radical (unpaired) electrons. The average molecular weight is 387 g/mol. The maximum absolute atomic E-state index is 12.7. The van der Waals surface area contributed by atoms with Crippen molar-refractivity contribution in [2.75, 3.05) is 0 Å². The molecule has 2 aromatic rings. The molecule has 0 unspecified atom stereocenters. The fourth-order valence-corrected chi connectivity index (χ4v) is 7.42. The molecule has 0 atom stereocenters. The number of rotatable bonds is 3. The molecule has 1 amide bonds. The summed E-state index contributed by atoms with van der Waals surface area (Å²) in [6.07, 6.45) is 8.01. The summed E-state index contributed by atoms with van der Waals surface area (Å²) in [7, 11) is 0. The van der Waals surface area contributed by atoms with Gasteiger partial charge in [0.2, 0.25) is 0 Å². The number of halogens is 1. The number of benzene rings is 1. The Bertz CT molecular complexity index is 881. The molecule has 1 aromatic carbocycles. The lowest BCUT2D eigenvalue weighted by Crippen LogP contribution is -2.49. The third-order valence-corrected chi connectivity index (χ3v) is 8.55. The van der Waals surface area contributed by atoms with E-state index in [-0.39, 0.29) is 11.3 Å². The van der Waals surface area contributed by atoms with E-state index in [1.807, 2.05) is 24.3 Å². The number of thiophene rings is 1. The molecule has 4 aliphatic rings. The molecule has 5 heteroatoms. The number of hydrogen-bond donors (Lipinski definition) is 1. The van der Waals surface area contributed by atoms with Crippen LogP contribution in [0.3, 0.4) is 0 Å². The summed E-state index contributed by atoms with van der Waals surface area (Å²) in [5, 5.41) is 6.04. The molecule has 4 bridgehead atoms. The largest absolute Gasteiger partial charge is 0.283 e. The van der Waals surface area contributed by atoms with Gasteiger partial charge in [0.25, 0.3) is 5.91 Å². The number of carbonyl (C=O) groups excluding carboxylic acids is 1. The zero-order valence-corrected chi connectivity index (χ0v) is 16.5. The summed E-state index contributed by atoms with van der Waals surface area (Å²) in [5.74, 6) is 2.43. The predicted octanol–water partition coefficient (Wildman–Crippen LogP) is 5.88. The number of carbonyl (C=O) groups is 1. The van der Waals surface area contributed by atoms with Crippen molar-refractivity contribution in [3.63, 3.8) is 0 Å². The second-order valence-electron chi connectivity index (χ2n) is 8.58. The smallest absolute Gasteiger partial charge is 0.266 e. The van der Waals surface area contributed by atoms with E-state index in [2.05, 4.69) is 17.5 Å². The highest BCUT2D eigenvalue weighted by molar-refractivity contribution is 7.21. The first-order valence-corrected chi connectivity index (χ1v) is 10.8. The predicted molar refractivity (Wildman–Crippen MR) is 108 cm³/mol. The summed E-state index contributed by atoms with van der Waals surface area (Å²) >= 11 is 7.85. The summed E-state index contributed by atoms with van der Waals surface area (Å²) in [6.45, 7) is 2.11. The fraction of sp³-hybridized carbons (Fsp3) is 0.524. The lowest BCUT2D eigenvalue weighted by atomic mass is 9.48. The van der Waals surface area contributed by atoms with Gasteiger partial charge in [0.15, 0.2) is 0 Å². The molecule has 1 heterocycles. The third kappa shape index (κ3) is 2.61. The fourth-order valence-electron chi connectivity index (χ4n) is 6.02. The zero-order valence-electron chi connectivity index (χ0n) is 14.9. The zero-order chi connectivity index (χ0) is 17.9. The van der Waals surface area contributed by atoms with Crippen LogP contribution in [0.15, 0.2) is 29.4 Å². The van der Waals surface area contributed by atoms with Gasteiger partial charge in [-0.1, -0.05) is 29.8 Å². The van der Waals surface area contributed by atoms with Crippen LogP contribution in [0.5, 0.6) is 0 Å². The Balaban J connectivity index is 1.37. The molecule has 4 fully saturated rings. The van der Waals surface area contributed by atoms with Crippen molar-refractivity contribution in [2.24, 2.45) is 28.3 Å². The van der Waals surface area contributed by atoms with Gasteiger partial charge in [0.05, 0.1) is 5.02 Å². The van der Waals surface area contributed by atoms with Gasteiger partial charge < -0.3 is 0 Å². The Hall–Kier alpha value is -1.39. The number of nitrogens with one attached hydrogen (secondary N) is 1. The van der Waals surface area contributed by atoms with Crippen molar-refractivity contribution in [2.45, 2.75) is 45.4 Å². The molecule has 6 rings (SSSR count). The van der Waals surface area contributed by atoms with E-state index in [0.29, 0.717) is 9.90 Å². The first kappa shape index (κ1) is 16.8. The van der Waals surface area contributed by atoms with Crippen LogP contribution in [0.1, 0.15) is 55.1 Å². The van der Waals surface area contributed by atoms with Gasteiger partial charge in [-0.05, 0) is 69.3 Å². The quantitative estimate of drug-likeness (QED) is 0.519. The van der Waals surface area contributed by atoms with Crippen LogP contribution in [0.25, 0.3) is 10.1 Å². The highest BCUT2D eigenvalue weighted by atomic mass is 35.5. The maximum atomic E-state index is 12.7. The van der Waals surface area contributed by atoms with Gasteiger partial charge in [-0.3, -0.25) is 4.79 Å². The second-order valence-corrected chi connectivity index (χ2v) is 10.0. The first-order valence-electron chi connectivity index (χ1n) is 9.56. The summed E-state index contributed by atoms with van der Waals surface area (Å²) in [4.78, 5) is 13.2. The number of hydrazone groups is 1. The van der Waals surface area contributed by atoms with Gasteiger partial charge in [-0.2, -0.15) is 5.10 Å². The van der Waals surface area contributed by atoms with Crippen molar-refractivity contribution >= 4 is 44.6 Å². The van der Waals surface area contributed by atoms with Crippen LogP contribution in [0.2, 0.25) is 5.02 Å². The Morgan fingerprint density at radius 2 is 1.77 bits per heavy atom. The third-order valence-electron chi connectivity index (χ3n) is 6.87. The van der Waals surface area contributed by atoms with Gasteiger partial charge >= 0.3 is 0 Å². The Morgan fingerprint density at radius 1 is 1.15 bits per heavy atom. The minimum Gasteiger partial charge on any atom is -0.266 e. The second kappa shape index (κ2) is 6.07. The summed E-state index contributed by atoms with van der Waals surface area (Å²) < 4.78 is 1.03. The molecule has 3 nitrogen and oxygen atoms in total. The molecular weight excluding hydrogens is 364 g/mol. The normalized spacial score (nSPS) is 33.0. The van der Waals surface area contributed by atoms with Gasteiger partial charge in [0.1, 0.15) is 4.88 Å². The monoisotopic (exact) mass is 386 g/mol. The van der Waals surface area contributed by atoms with E-state index in [0.717, 1.165) is 33.6 Å². The van der Waals surface area contributed by atoms with Crippen molar-refractivity contribution in [1.29, 1.82) is 0 Å². The average Bonchev–Trinajstić information content (AvgIpc) is 2.95. The number of fused-ring (bicyclic) bond motifs is 1. The molecule has 1 N–H and O–H groups in total. The molecule has 4 aliphatic carbocycles. The summed E-state index contributed by atoms with van der Waals surface area (Å²) in [5.41, 5.74) is 4.14. The van der Waals surface area contributed by atoms with Gasteiger partial charge in [0, 0.05) is 21.2 Å². The Labute approximate surface area is 162 Å². The number of hydrogen-bond acceptors (Lipinski definition) is 3. The molecule has 4 saturated carbocycles. The summed E-state index contributed by atoms with van der Waals surface area (Å²) in [6, 6.07) is 7.85. The van der Waals surface area contributed by atoms with Crippen LogP contribution in [-0.2, 0) is 0 Å². The van der Waals surface area contributed by atoms with Crippen molar-refractivity contribution < 1.29 is 4.79 Å². The minimum atomic E-state index is -0.194. The maximum Gasteiger partial charge on any atom is 0.283 e. The minimum absolute atomic E-state index is 0.194. The van der Waals surface area contributed by atoms with Crippen LogP contribution >= 0.6 is 22.9 Å². The molecule has 1 aromatic heterocycles. The van der Waals surface area contributed by atoms with E-state index in [4.69, 9.17) is 11.6 Å². The SMILES string of the molecule is CC(=NNC(=O)c1sc2ccccc2c1Cl)C12CC3CC(CC(C3)C1)C2. The Kier molecular flexibility index (Phi) is 3.91. The standard InChI is InChI=1S/C21H23ClN2OS/c1-12(21-9-13-6-14(10-21)8-15(7-13)11-21)23-24-20(25)19-18(22)16-4-2-3-5-17(16)26-19/h2-5,13-15H,6-11H2,1H3,(H,24,25).